The third-order valence-corrected chi connectivity index (χ3v) is 5.79. The highest BCUT2D eigenvalue weighted by Crippen LogP contribution is 2.30. The topological polar surface area (TPSA) is 35.6 Å². The zero-order chi connectivity index (χ0) is 13.9. The molecule has 0 aliphatic carbocycles. The molecular weight excluding hydrogens is 385 g/mol. The lowest BCUT2D eigenvalue weighted by molar-refractivity contribution is 0.147. The van der Waals surface area contributed by atoms with Gasteiger partial charge in [-0.2, -0.15) is 0 Å². The normalized spacial score (nSPS) is 19.4. The average molecular weight is 403 g/mol. The van der Waals surface area contributed by atoms with Crippen LogP contribution in [0.5, 0.6) is 0 Å². The Morgan fingerprint density at radius 3 is 2.80 bits per heavy atom. The minimum Gasteiger partial charge on any atom is -0.322 e. The fourth-order valence-electron chi connectivity index (χ4n) is 2.58. The Morgan fingerprint density at radius 1 is 1.20 bits per heavy atom. The van der Waals surface area contributed by atoms with Gasteiger partial charge in [-0.15, -0.1) is 11.8 Å². The molecule has 2 aliphatic heterocycles. The van der Waals surface area contributed by atoms with E-state index in [1.165, 1.54) is 14.0 Å². The van der Waals surface area contributed by atoms with Crippen molar-refractivity contribution in [2.24, 2.45) is 0 Å². The van der Waals surface area contributed by atoms with E-state index in [1.807, 2.05) is 21.6 Å². The zero-order valence-electron chi connectivity index (χ0n) is 11.3. The van der Waals surface area contributed by atoms with Crippen molar-refractivity contribution in [1.29, 1.82) is 0 Å². The van der Waals surface area contributed by atoms with Crippen LogP contribution < -0.4 is 5.32 Å². The first kappa shape index (κ1) is 14.5. The molecule has 0 aromatic heterocycles. The Balaban J connectivity index is 1.78. The molecule has 2 aliphatic rings. The Kier molecular flexibility index (Phi) is 4.72. The van der Waals surface area contributed by atoms with Crippen LogP contribution in [-0.2, 0) is 6.54 Å². The summed E-state index contributed by atoms with van der Waals surface area (Å²) in [5, 5.41) is 3.29. The van der Waals surface area contributed by atoms with E-state index in [1.54, 1.807) is 0 Å². The fraction of sp³-hybridized carbons (Fsp3) is 0.500. The highest BCUT2D eigenvalue weighted by molar-refractivity contribution is 14.1. The van der Waals surface area contributed by atoms with Gasteiger partial charge in [0.2, 0.25) is 0 Å². The van der Waals surface area contributed by atoms with Gasteiger partial charge in [0.05, 0.1) is 0 Å². The largest absolute Gasteiger partial charge is 0.322 e. The number of urea groups is 1. The quantitative estimate of drug-likeness (QED) is 0.675. The number of rotatable bonds is 0. The number of benzene rings is 1. The van der Waals surface area contributed by atoms with E-state index < -0.39 is 0 Å². The van der Waals surface area contributed by atoms with Crippen molar-refractivity contribution in [3.8, 4) is 0 Å². The van der Waals surface area contributed by atoms with Crippen molar-refractivity contribution in [2.75, 3.05) is 38.5 Å². The average Bonchev–Trinajstić information content (AvgIpc) is 2.71. The van der Waals surface area contributed by atoms with Crippen LogP contribution in [0.3, 0.4) is 0 Å². The molecule has 108 valence electrons. The summed E-state index contributed by atoms with van der Waals surface area (Å²) < 4.78 is 1.26. The lowest BCUT2D eigenvalue weighted by Gasteiger charge is -2.32. The fourth-order valence-corrected chi connectivity index (χ4v) is 4.49. The summed E-state index contributed by atoms with van der Waals surface area (Å²) in [7, 11) is 0. The van der Waals surface area contributed by atoms with Crippen LogP contribution in [0.4, 0.5) is 4.79 Å². The van der Waals surface area contributed by atoms with Crippen LogP contribution in [-0.4, -0.2) is 54.3 Å². The maximum absolute atomic E-state index is 12.6. The molecule has 1 aromatic rings. The Morgan fingerprint density at radius 2 is 2.00 bits per heavy atom. The van der Waals surface area contributed by atoms with Crippen LogP contribution in [0.1, 0.15) is 5.56 Å². The smallest absolute Gasteiger partial charge is 0.320 e. The highest BCUT2D eigenvalue weighted by atomic mass is 127. The predicted octanol–water partition coefficient (Wildman–Crippen LogP) is 2.22. The molecule has 1 N–H and O–H groups in total. The molecule has 1 saturated heterocycles. The number of piperazine rings is 1. The van der Waals surface area contributed by atoms with Gasteiger partial charge < -0.3 is 15.1 Å². The Labute approximate surface area is 137 Å². The summed E-state index contributed by atoms with van der Waals surface area (Å²) in [6, 6.07) is 6.58. The third-order valence-electron chi connectivity index (χ3n) is 3.70. The molecular formula is C14H18IN3OS. The lowest BCUT2D eigenvalue weighted by atomic mass is 10.2. The van der Waals surface area contributed by atoms with Crippen molar-refractivity contribution >= 4 is 40.4 Å². The molecule has 0 spiro atoms. The van der Waals surface area contributed by atoms with Gasteiger partial charge in [-0.25, -0.2) is 4.79 Å². The van der Waals surface area contributed by atoms with Crippen molar-refractivity contribution < 1.29 is 4.79 Å². The molecule has 0 radical (unpaired) electrons. The van der Waals surface area contributed by atoms with E-state index in [2.05, 4.69) is 46.1 Å². The summed E-state index contributed by atoms with van der Waals surface area (Å²) in [6.45, 7) is 5.02. The van der Waals surface area contributed by atoms with E-state index >= 15 is 0 Å². The van der Waals surface area contributed by atoms with Crippen LogP contribution in [0.2, 0.25) is 0 Å². The van der Waals surface area contributed by atoms with Gasteiger partial charge in [-0.3, -0.25) is 0 Å². The number of halogens is 1. The lowest BCUT2D eigenvalue weighted by Crippen LogP contribution is -2.51. The highest BCUT2D eigenvalue weighted by Gasteiger charge is 2.25. The summed E-state index contributed by atoms with van der Waals surface area (Å²) in [6.07, 6.45) is 0. The zero-order valence-corrected chi connectivity index (χ0v) is 14.2. The van der Waals surface area contributed by atoms with Crippen molar-refractivity contribution in [3.05, 3.63) is 27.3 Å². The van der Waals surface area contributed by atoms with Gasteiger partial charge in [-0.1, -0.05) is 6.07 Å². The van der Waals surface area contributed by atoms with Crippen molar-refractivity contribution in [3.63, 3.8) is 0 Å². The SMILES string of the molecule is O=C(N1CCNCC1)N1CCSc2cccc(I)c2C1. The van der Waals surface area contributed by atoms with Crippen LogP contribution in [0.15, 0.2) is 23.1 Å². The first-order valence-electron chi connectivity index (χ1n) is 6.90. The first-order valence-corrected chi connectivity index (χ1v) is 8.97. The van der Waals surface area contributed by atoms with Gasteiger partial charge in [0.25, 0.3) is 0 Å². The maximum Gasteiger partial charge on any atom is 0.320 e. The molecule has 2 amide bonds. The van der Waals surface area contributed by atoms with Crippen LogP contribution in [0.25, 0.3) is 0 Å². The molecule has 3 rings (SSSR count). The summed E-state index contributed by atoms with van der Waals surface area (Å²) >= 11 is 4.24. The minimum absolute atomic E-state index is 0.194. The third kappa shape index (κ3) is 3.07. The monoisotopic (exact) mass is 403 g/mol. The minimum atomic E-state index is 0.194. The predicted molar refractivity (Wildman–Crippen MR) is 90.1 cm³/mol. The number of hydrogen-bond acceptors (Lipinski definition) is 3. The first-order chi connectivity index (χ1) is 9.75. The maximum atomic E-state index is 12.6. The number of amides is 2. The number of nitrogens with zero attached hydrogens (tertiary/aromatic N) is 2. The van der Waals surface area contributed by atoms with Gasteiger partial charge in [0, 0.05) is 53.5 Å². The Hall–Kier alpha value is -0.470. The molecule has 2 heterocycles. The van der Waals surface area contributed by atoms with E-state index in [0.717, 1.165) is 45.0 Å². The second-order valence-corrected chi connectivity index (χ2v) is 7.31. The number of thioether (sulfide) groups is 1. The van der Waals surface area contributed by atoms with E-state index in [4.69, 9.17) is 0 Å². The van der Waals surface area contributed by atoms with Crippen molar-refractivity contribution in [1.82, 2.24) is 15.1 Å². The van der Waals surface area contributed by atoms with Gasteiger partial charge >= 0.3 is 6.03 Å². The molecule has 20 heavy (non-hydrogen) atoms. The van der Waals surface area contributed by atoms with E-state index in [9.17, 15) is 4.79 Å². The number of carbonyl (C=O) groups is 1. The number of nitrogens with one attached hydrogen (secondary N) is 1. The van der Waals surface area contributed by atoms with Gasteiger partial charge in [0.15, 0.2) is 0 Å². The van der Waals surface area contributed by atoms with E-state index in [-0.39, 0.29) is 6.03 Å². The van der Waals surface area contributed by atoms with Crippen molar-refractivity contribution in [2.45, 2.75) is 11.4 Å². The standard InChI is InChI=1S/C14H18IN3OS/c15-12-2-1-3-13-11(12)10-18(8-9-20-13)14(19)17-6-4-16-5-7-17/h1-3,16H,4-10H2. The number of hydrogen-bond donors (Lipinski definition) is 1. The number of carbonyl (C=O) groups excluding carboxylic acids is 1. The second-order valence-electron chi connectivity index (χ2n) is 5.01. The number of fused-ring (bicyclic) bond motifs is 1. The summed E-state index contributed by atoms with van der Waals surface area (Å²) in [5.74, 6) is 0.977. The molecule has 0 atom stereocenters. The molecule has 1 aromatic carbocycles. The second kappa shape index (κ2) is 6.53. The molecule has 4 nitrogen and oxygen atoms in total. The molecule has 0 bridgehead atoms. The summed E-state index contributed by atoms with van der Waals surface area (Å²) in [5.41, 5.74) is 1.30. The molecule has 0 saturated carbocycles. The van der Waals surface area contributed by atoms with Crippen LogP contribution >= 0.6 is 34.4 Å². The van der Waals surface area contributed by atoms with Gasteiger partial charge in [-0.05, 0) is 40.3 Å². The van der Waals surface area contributed by atoms with Gasteiger partial charge in [0.1, 0.15) is 0 Å². The molecule has 6 heteroatoms. The molecule has 0 unspecified atom stereocenters. The Bertz CT molecular complexity index is 505. The van der Waals surface area contributed by atoms with E-state index in [0.29, 0.717) is 0 Å². The molecule has 1 fully saturated rings. The summed E-state index contributed by atoms with van der Waals surface area (Å²) in [4.78, 5) is 17.9. The van der Waals surface area contributed by atoms with Crippen LogP contribution in [0, 0.1) is 3.57 Å².